The number of esters is 1. The molecule has 0 aliphatic rings. The van der Waals surface area contributed by atoms with Crippen LogP contribution >= 0.6 is 0 Å². The van der Waals surface area contributed by atoms with E-state index in [1.54, 1.807) is 30.3 Å². The molecule has 6 heteroatoms. The molecule has 0 amide bonds. The molecule has 6 nitrogen and oxygen atoms in total. The average Bonchev–Trinajstić information content (AvgIpc) is 2.60. The van der Waals surface area contributed by atoms with Crippen LogP contribution in [0.25, 0.3) is 0 Å². The number of para-hydroxylation sites is 1. The Bertz CT molecular complexity index is 701. The van der Waals surface area contributed by atoms with E-state index in [4.69, 9.17) is 18.9 Å². The van der Waals surface area contributed by atoms with Crippen molar-refractivity contribution < 1.29 is 28.5 Å². The summed E-state index contributed by atoms with van der Waals surface area (Å²) >= 11 is 0. The van der Waals surface area contributed by atoms with Gasteiger partial charge in [0.05, 0.1) is 26.9 Å². The number of ether oxygens (including phenoxy) is 4. The van der Waals surface area contributed by atoms with Crippen molar-refractivity contribution in [2.75, 3.05) is 21.3 Å². The number of carbonyl (C=O) groups excluding carboxylic acids is 2. The fourth-order valence-electron chi connectivity index (χ4n) is 2.09. The maximum absolute atomic E-state index is 12.6. The zero-order valence-electron chi connectivity index (χ0n) is 13.0. The molecular formula is C17H16O6. The predicted molar refractivity (Wildman–Crippen MR) is 82.9 cm³/mol. The Balaban J connectivity index is 2.47. The topological polar surface area (TPSA) is 71.1 Å². The van der Waals surface area contributed by atoms with Gasteiger partial charge in [-0.25, -0.2) is 4.79 Å². The molecule has 0 unspecified atom stereocenters. The van der Waals surface area contributed by atoms with Crippen molar-refractivity contribution in [1.82, 2.24) is 0 Å². The molecular weight excluding hydrogens is 300 g/mol. The summed E-state index contributed by atoms with van der Waals surface area (Å²) in [5, 5.41) is 0. The van der Waals surface area contributed by atoms with Gasteiger partial charge in [0.25, 0.3) is 0 Å². The van der Waals surface area contributed by atoms with Crippen molar-refractivity contribution in [2.24, 2.45) is 0 Å². The van der Waals surface area contributed by atoms with Crippen molar-refractivity contribution in [3.63, 3.8) is 0 Å². The van der Waals surface area contributed by atoms with E-state index >= 15 is 0 Å². The summed E-state index contributed by atoms with van der Waals surface area (Å²) in [6.45, 7) is 0. The standard InChI is InChI=1S/C17H16O6/c1-20-12-7-5-8-13(21-2)15(12)17(19)23-16-11(10-18)6-4-9-14(16)22-3/h4-10H,1-3H3. The maximum Gasteiger partial charge on any atom is 0.351 e. The minimum atomic E-state index is -0.716. The number of hydrogen-bond donors (Lipinski definition) is 0. The highest BCUT2D eigenvalue weighted by Crippen LogP contribution is 2.34. The summed E-state index contributed by atoms with van der Waals surface area (Å²) < 4.78 is 20.9. The van der Waals surface area contributed by atoms with Crippen LogP contribution in [0.2, 0.25) is 0 Å². The lowest BCUT2D eigenvalue weighted by atomic mass is 10.1. The Morgan fingerprint density at radius 1 is 0.870 bits per heavy atom. The highest BCUT2D eigenvalue weighted by molar-refractivity contribution is 5.98. The molecule has 0 aromatic heterocycles. The summed E-state index contributed by atoms with van der Waals surface area (Å²) in [5.41, 5.74) is 0.326. The largest absolute Gasteiger partial charge is 0.496 e. The van der Waals surface area contributed by atoms with Gasteiger partial charge < -0.3 is 18.9 Å². The molecule has 0 spiro atoms. The number of rotatable bonds is 6. The lowest BCUT2D eigenvalue weighted by Crippen LogP contribution is -2.13. The van der Waals surface area contributed by atoms with Crippen LogP contribution in [0.1, 0.15) is 20.7 Å². The molecule has 2 aromatic carbocycles. The number of aldehydes is 1. The van der Waals surface area contributed by atoms with Gasteiger partial charge in [-0.15, -0.1) is 0 Å². The zero-order valence-corrected chi connectivity index (χ0v) is 13.0. The predicted octanol–water partition coefficient (Wildman–Crippen LogP) is 2.74. The Morgan fingerprint density at radius 3 is 1.91 bits per heavy atom. The first-order chi connectivity index (χ1) is 11.2. The quantitative estimate of drug-likeness (QED) is 0.463. The fourth-order valence-corrected chi connectivity index (χ4v) is 2.09. The van der Waals surface area contributed by atoms with Crippen LogP contribution in [0.15, 0.2) is 36.4 Å². The first-order valence-electron chi connectivity index (χ1n) is 6.71. The Kier molecular flexibility index (Phi) is 5.19. The van der Waals surface area contributed by atoms with Gasteiger partial charge in [-0.1, -0.05) is 12.1 Å². The van der Waals surface area contributed by atoms with E-state index < -0.39 is 5.97 Å². The fraction of sp³-hybridized carbons (Fsp3) is 0.176. The van der Waals surface area contributed by atoms with Crippen molar-refractivity contribution in [3.8, 4) is 23.0 Å². The monoisotopic (exact) mass is 316 g/mol. The molecule has 23 heavy (non-hydrogen) atoms. The molecule has 0 fully saturated rings. The SMILES string of the molecule is COc1cccc(C=O)c1OC(=O)c1c(OC)cccc1OC. The second kappa shape index (κ2) is 7.31. The molecule has 0 radical (unpaired) electrons. The van der Waals surface area contributed by atoms with Crippen molar-refractivity contribution in [1.29, 1.82) is 0 Å². The van der Waals surface area contributed by atoms with Crippen LogP contribution in [0.4, 0.5) is 0 Å². The van der Waals surface area contributed by atoms with Gasteiger partial charge in [0, 0.05) is 0 Å². The second-order valence-corrected chi connectivity index (χ2v) is 4.42. The highest BCUT2D eigenvalue weighted by atomic mass is 16.6. The van der Waals surface area contributed by atoms with E-state index in [0.29, 0.717) is 17.8 Å². The molecule has 0 heterocycles. The van der Waals surface area contributed by atoms with Crippen LogP contribution in [0.5, 0.6) is 23.0 Å². The van der Waals surface area contributed by atoms with Gasteiger partial charge in [0.2, 0.25) is 0 Å². The Labute approximate surface area is 133 Å². The number of methoxy groups -OCH3 is 3. The first kappa shape index (κ1) is 16.4. The zero-order chi connectivity index (χ0) is 16.8. The van der Waals surface area contributed by atoms with E-state index in [9.17, 15) is 9.59 Å². The average molecular weight is 316 g/mol. The van der Waals surface area contributed by atoms with Gasteiger partial charge in [0.1, 0.15) is 17.1 Å². The van der Waals surface area contributed by atoms with Crippen molar-refractivity contribution in [3.05, 3.63) is 47.5 Å². The van der Waals surface area contributed by atoms with Crippen molar-refractivity contribution in [2.45, 2.75) is 0 Å². The number of benzene rings is 2. The summed E-state index contributed by atoms with van der Waals surface area (Å²) in [6, 6.07) is 9.66. The first-order valence-corrected chi connectivity index (χ1v) is 6.71. The van der Waals surface area contributed by atoms with E-state index in [2.05, 4.69) is 0 Å². The molecule has 0 bridgehead atoms. The van der Waals surface area contributed by atoms with Crippen LogP contribution in [0.3, 0.4) is 0 Å². The Morgan fingerprint density at radius 2 is 1.39 bits per heavy atom. The molecule has 0 atom stereocenters. The normalized spacial score (nSPS) is 9.87. The lowest BCUT2D eigenvalue weighted by molar-refractivity contribution is 0.0721. The van der Waals surface area contributed by atoms with E-state index in [1.807, 2.05) is 0 Å². The van der Waals surface area contributed by atoms with E-state index in [1.165, 1.54) is 27.4 Å². The van der Waals surface area contributed by atoms with Crippen LogP contribution in [0, 0.1) is 0 Å². The van der Waals surface area contributed by atoms with Crippen molar-refractivity contribution >= 4 is 12.3 Å². The third kappa shape index (κ3) is 3.26. The number of carbonyl (C=O) groups is 2. The van der Waals surface area contributed by atoms with E-state index in [0.717, 1.165) is 0 Å². The smallest absolute Gasteiger partial charge is 0.351 e. The Hall–Kier alpha value is -3.02. The molecule has 0 saturated carbocycles. The minimum absolute atomic E-state index is 0.0444. The highest BCUT2D eigenvalue weighted by Gasteiger charge is 2.23. The molecule has 0 saturated heterocycles. The third-order valence-electron chi connectivity index (χ3n) is 3.18. The van der Waals surface area contributed by atoms with Crippen LogP contribution in [-0.2, 0) is 0 Å². The lowest BCUT2D eigenvalue weighted by Gasteiger charge is -2.14. The van der Waals surface area contributed by atoms with Crippen LogP contribution < -0.4 is 18.9 Å². The summed E-state index contributed by atoms with van der Waals surface area (Å²) in [4.78, 5) is 23.7. The summed E-state index contributed by atoms with van der Waals surface area (Å²) in [6.07, 6.45) is 0.588. The minimum Gasteiger partial charge on any atom is -0.496 e. The summed E-state index contributed by atoms with van der Waals surface area (Å²) in [7, 11) is 4.29. The van der Waals surface area contributed by atoms with Gasteiger partial charge in [-0.2, -0.15) is 0 Å². The summed E-state index contributed by atoms with van der Waals surface area (Å²) in [5.74, 6) is 0.209. The molecule has 2 rings (SSSR count). The molecule has 2 aromatic rings. The van der Waals surface area contributed by atoms with Crippen LogP contribution in [-0.4, -0.2) is 33.6 Å². The van der Waals surface area contributed by atoms with Gasteiger partial charge >= 0.3 is 5.97 Å². The van der Waals surface area contributed by atoms with Gasteiger partial charge in [0.15, 0.2) is 17.8 Å². The second-order valence-electron chi connectivity index (χ2n) is 4.42. The molecule has 0 N–H and O–H groups in total. The third-order valence-corrected chi connectivity index (χ3v) is 3.18. The van der Waals surface area contributed by atoms with Gasteiger partial charge in [-0.05, 0) is 24.3 Å². The molecule has 120 valence electrons. The maximum atomic E-state index is 12.6. The molecule has 0 aliphatic heterocycles. The number of hydrogen-bond acceptors (Lipinski definition) is 6. The molecule has 0 aliphatic carbocycles. The van der Waals surface area contributed by atoms with E-state index in [-0.39, 0.29) is 22.6 Å². The van der Waals surface area contributed by atoms with Gasteiger partial charge in [-0.3, -0.25) is 4.79 Å².